The fourth-order valence-electron chi connectivity index (χ4n) is 2.79. The van der Waals surface area contributed by atoms with E-state index in [2.05, 4.69) is 9.97 Å². The Balaban J connectivity index is 2.33. The number of fused-ring (bicyclic) bond motifs is 3. The predicted molar refractivity (Wildman–Crippen MR) is 85.5 cm³/mol. The van der Waals surface area contributed by atoms with Crippen LogP contribution in [0.3, 0.4) is 0 Å². The van der Waals surface area contributed by atoms with Gasteiger partial charge in [0.15, 0.2) is 5.69 Å². The van der Waals surface area contributed by atoms with Crippen LogP contribution in [0.4, 0.5) is 0 Å². The van der Waals surface area contributed by atoms with Crippen molar-refractivity contribution in [1.82, 2.24) is 9.97 Å². The van der Waals surface area contributed by atoms with Gasteiger partial charge in [0.1, 0.15) is 5.75 Å². The number of methoxy groups -OCH3 is 1. The van der Waals surface area contributed by atoms with Crippen molar-refractivity contribution in [3.8, 4) is 5.75 Å². The maximum Gasteiger partial charge on any atom is 0.357 e. The molecule has 114 valence electrons. The molecule has 2 aromatic heterocycles. The Morgan fingerprint density at radius 1 is 1.27 bits per heavy atom. The highest BCUT2D eigenvalue weighted by Gasteiger charge is 2.19. The molecule has 5 nitrogen and oxygen atoms in total. The van der Waals surface area contributed by atoms with Gasteiger partial charge in [0, 0.05) is 16.3 Å². The van der Waals surface area contributed by atoms with Gasteiger partial charge in [-0.15, -0.1) is 0 Å². The zero-order valence-electron chi connectivity index (χ0n) is 12.9. The summed E-state index contributed by atoms with van der Waals surface area (Å²) in [6.07, 6.45) is 2.38. The van der Waals surface area contributed by atoms with Gasteiger partial charge in [-0.25, -0.2) is 9.78 Å². The highest BCUT2D eigenvalue weighted by atomic mass is 16.5. The Kier molecular flexibility index (Phi) is 3.71. The first-order valence-corrected chi connectivity index (χ1v) is 7.34. The molecule has 22 heavy (non-hydrogen) atoms. The number of aromatic nitrogens is 2. The zero-order valence-corrected chi connectivity index (χ0v) is 12.9. The largest absolute Gasteiger partial charge is 0.497 e. The lowest BCUT2D eigenvalue weighted by Crippen LogP contribution is -2.10. The van der Waals surface area contributed by atoms with Crippen LogP contribution in [0.2, 0.25) is 0 Å². The normalized spacial score (nSPS) is 11.0. The molecule has 0 fully saturated rings. The lowest BCUT2D eigenvalue weighted by atomic mass is 10.0. The number of rotatable bonds is 4. The van der Waals surface area contributed by atoms with Gasteiger partial charge in [-0.2, -0.15) is 0 Å². The molecule has 0 aliphatic rings. The summed E-state index contributed by atoms with van der Waals surface area (Å²) in [5.74, 6) is 0.406. The molecule has 3 aromatic rings. The van der Waals surface area contributed by atoms with Gasteiger partial charge in [0.25, 0.3) is 0 Å². The van der Waals surface area contributed by atoms with E-state index in [1.54, 1.807) is 20.2 Å². The van der Waals surface area contributed by atoms with Crippen molar-refractivity contribution in [3.63, 3.8) is 0 Å². The fraction of sp³-hybridized carbons (Fsp3) is 0.294. The molecule has 0 unspecified atom stereocenters. The number of H-pyrrole nitrogens is 1. The predicted octanol–water partition coefficient (Wildman–Crippen LogP) is 3.46. The molecule has 0 saturated heterocycles. The van der Waals surface area contributed by atoms with Crippen molar-refractivity contribution in [2.75, 3.05) is 13.7 Å². The number of nitrogens with zero attached hydrogens (tertiary/aromatic N) is 1. The second-order valence-corrected chi connectivity index (χ2v) is 4.98. The molecule has 0 bridgehead atoms. The van der Waals surface area contributed by atoms with Gasteiger partial charge in [0.2, 0.25) is 0 Å². The van der Waals surface area contributed by atoms with Gasteiger partial charge in [-0.05, 0) is 37.1 Å². The van der Waals surface area contributed by atoms with Crippen LogP contribution in [0.15, 0.2) is 24.4 Å². The number of carbonyl (C=O) groups excluding carboxylic acids is 1. The lowest BCUT2D eigenvalue weighted by Gasteiger charge is -2.08. The number of esters is 1. The third-order valence-electron chi connectivity index (χ3n) is 3.77. The number of benzene rings is 1. The van der Waals surface area contributed by atoms with Crippen LogP contribution in [0.1, 0.15) is 29.9 Å². The smallest absolute Gasteiger partial charge is 0.357 e. The van der Waals surface area contributed by atoms with E-state index in [4.69, 9.17) is 9.47 Å². The van der Waals surface area contributed by atoms with E-state index in [0.717, 1.165) is 33.1 Å². The van der Waals surface area contributed by atoms with E-state index in [1.807, 2.05) is 25.1 Å². The van der Waals surface area contributed by atoms with Gasteiger partial charge < -0.3 is 14.5 Å². The summed E-state index contributed by atoms with van der Waals surface area (Å²) in [5.41, 5.74) is 3.19. The van der Waals surface area contributed by atoms with Crippen molar-refractivity contribution in [1.29, 1.82) is 0 Å². The van der Waals surface area contributed by atoms with E-state index >= 15 is 0 Å². The Bertz CT molecular complexity index is 852. The summed E-state index contributed by atoms with van der Waals surface area (Å²) < 4.78 is 10.4. The molecule has 3 rings (SSSR count). The number of hydrogen-bond donors (Lipinski definition) is 1. The Morgan fingerprint density at radius 2 is 2.09 bits per heavy atom. The summed E-state index contributed by atoms with van der Waals surface area (Å²) in [6.45, 7) is 4.14. The van der Waals surface area contributed by atoms with E-state index in [0.29, 0.717) is 18.7 Å². The SMILES string of the molecule is CCOC(=O)c1ncc2[nH]c3ccc(OC)cc3c2c1CC. The molecule has 0 atom stereocenters. The van der Waals surface area contributed by atoms with Crippen LogP contribution in [0, 0.1) is 0 Å². The molecule has 0 aliphatic heterocycles. The molecular weight excluding hydrogens is 280 g/mol. The van der Waals surface area contributed by atoms with Crippen molar-refractivity contribution in [3.05, 3.63) is 35.7 Å². The standard InChI is InChI=1S/C17H18N2O3/c1-4-11-15-12-8-10(21-3)6-7-13(12)19-14(15)9-18-16(11)17(20)22-5-2/h6-9,19H,4-5H2,1-3H3. The van der Waals surface area contributed by atoms with Gasteiger partial charge in [-0.1, -0.05) is 6.92 Å². The van der Waals surface area contributed by atoms with Crippen LogP contribution in [0.25, 0.3) is 21.8 Å². The first-order valence-electron chi connectivity index (χ1n) is 7.34. The minimum Gasteiger partial charge on any atom is -0.497 e. The minimum atomic E-state index is -0.376. The summed E-state index contributed by atoms with van der Waals surface area (Å²) in [7, 11) is 1.64. The summed E-state index contributed by atoms with van der Waals surface area (Å²) >= 11 is 0. The molecule has 1 N–H and O–H groups in total. The first-order chi connectivity index (χ1) is 10.7. The summed E-state index contributed by atoms with van der Waals surface area (Å²) in [4.78, 5) is 19.8. The molecule has 0 spiro atoms. The Morgan fingerprint density at radius 3 is 2.77 bits per heavy atom. The number of hydrogen-bond acceptors (Lipinski definition) is 4. The average Bonchev–Trinajstić information content (AvgIpc) is 2.91. The van der Waals surface area contributed by atoms with Crippen molar-refractivity contribution < 1.29 is 14.3 Å². The van der Waals surface area contributed by atoms with Crippen LogP contribution >= 0.6 is 0 Å². The highest BCUT2D eigenvalue weighted by Crippen LogP contribution is 2.32. The second-order valence-electron chi connectivity index (χ2n) is 4.98. The van der Waals surface area contributed by atoms with E-state index in [9.17, 15) is 4.79 Å². The Hall–Kier alpha value is -2.56. The van der Waals surface area contributed by atoms with Gasteiger partial charge >= 0.3 is 5.97 Å². The molecule has 0 radical (unpaired) electrons. The number of carbonyl (C=O) groups is 1. The Labute approximate surface area is 128 Å². The van der Waals surface area contributed by atoms with Crippen LogP contribution in [0.5, 0.6) is 5.75 Å². The third kappa shape index (κ3) is 2.19. The summed E-state index contributed by atoms with van der Waals surface area (Å²) in [5, 5.41) is 2.04. The maximum atomic E-state index is 12.1. The van der Waals surface area contributed by atoms with Crippen molar-refractivity contribution in [2.45, 2.75) is 20.3 Å². The van der Waals surface area contributed by atoms with E-state index < -0.39 is 0 Å². The van der Waals surface area contributed by atoms with Crippen LogP contribution in [-0.4, -0.2) is 29.7 Å². The third-order valence-corrected chi connectivity index (χ3v) is 3.77. The summed E-state index contributed by atoms with van der Waals surface area (Å²) in [6, 6.07) is 5.85. The molecular formula is C17H18N2O3. The second kappa shape index (κ2) is 5.67. The van der Waals surface area contributed by atoms with Crippen LogP contribution in [-0.2, 0) is 11.2 Å². The van der Waals surface area contributed by atoms with Crippen molar-refractivity contribution in [2.24, 2.45) is 0 Å². The number of ether oxygens (including phenoxy) is 2. The van der Waals surface area contributed by atoms with Crippen molar-refractivity contribution >= 4 is 27.8 Å². The van der Waals surface area contributed by atoms with E-state index in [-0.39, 0.29) is 5.97 Å². The number of nitrogens with one attached hydrogen (secondary N) is 1. The van der Waals surface area contributed by atoms with E-state index in [1.165, 1.54) is 0 Å². The molecule has 1 aromatic carbocycles. The monoisotopic (exact) mass is 298 g/mol. The maximum absolute atomic E-state index is 12.1. The van der Waals surface area contributed by atoms with Crippen LogP contribution < -0.4 is 4.74 Å². The lowest BCUT2D eigenvalue weighted by molar-refractivity contribution is 0.0518. The minimum absolute atomic E-state index is 0.337. The van der Waals surface area contributed by atoms with Gasteiger partial charge in [0.05, 0.1) is 25.4 Å². The highest BCUT2D eigenvalue weighted by molar-refractivity contribution is 6.11. The number of aryl methyl sites for hydroxylation is 1. The molecule has 0 aliphatic carbocycles. The average molecular weight is 298 g/mol. The number of aromatic amines is 1. The molecule has 5 heteroatoms. The quantitative estimate of drug-likeness (QED) is 0.749. The van der Waals surface area contributed by atoms with Gasteiger partial charge in [-0.3, -0.25) is 0 Å². The number of pyridine rings is 1. The first kappa shape index (κ1) is 14.4. The topological polar surface area (TPSA) is 64.2 Å². The molecule has 0 saturated carbocycles. The molecule has 2 heterocycles. The fourth-order valence-corrected chi connectivity index (χ4v) is 2.79. The zero-order chi connectivity index (χ0) is 15.7. The molecule has 0 amide bonds.